The lowest BCUT2D eigenvalue weighted by atomic mass is 9.98. The number of phenolic OH excluding ortho intramolecular Hbond substituents is 1. The lowest BCUT2D eigenvalue weighted by Crippen LogP contribution is -2.41. The molecule has 1 saturated heterocycles. The topological polar surface area (TPSA) is 134 Å². The minimum Gasteiger partial charge on any atom is -0.507 e. The van der Waals surface area contributed by atoms with E-state index in [-0.39, 0.29) is 29.0 Å². The molecule has 0 aliphatic carbocycles. The Morgan fingerprint density at radius 1 is 1.27 bits per heavy atom. The van der Waals surface area contributed by atoms with E-state index in [4.69, 9.17) is 10.5 Å². The number of para-hydroxylation sites is 1. The van der Waals surface area contributed by atoms with Crippen LogP contribution in [0.25, 0.3) is 0 Å². The van der Waals surface area contributed by atoms with Crippen molar-refractivity contribution in [3.63, 3.8) is 0 Å². The van der Waals surface area contributed by atoms with E-state index in [0.29, 0.717) is 36.7 Å². The van der Waals surface area contributed by atoms with Crippen molar-refractivity contribution in [1.82, 2.24) is 4.90 Å². The van der Waals surface area contributed by atoms with Gasteiger partial charge >= 0.3 is 10.2 Å². The van der Waals surface area contributed by atoms with Crippen LogP contribution in [0.1, 0.15) is 28.8 Å². The Balaban J connectivity index is 1.45. The van der Waals surface area contributed by atoms with E-state index in [1.807, 2.05) is 0 Å². The molecule has 4 N–H and O–H groups in total. The highest BCUT2D eigenvalue weighted by molar-refractivity contribution is 7.91. The third-order valence-electron chi connectivity index (χ3n) is 5.16. The van der Waals surface area contributed by atoms with E-state index in [9.17, 15) is 18.3 Å². The molecule has 2 heterocycles. The van der Waals surface area contributed by atoms with Crippen molar-refractivity contribution in [3.05, 3.63) is 53.6 Å². The first-order valence-electron chi connectivity index (χ1n) is 9.56. The van der Waals surface area contributed by atoms with Crippen LogP contribution in [0, 0.1) is 5.92 Å². The largest absolute Gasteiger partial charge is 0.507 e. The minimum absolute atomic E-state index is 0.0333. The van der Waals surface area contributed by atoms with Gasteiger partial charge in [-0.2, -0.15) is 8.42 Å². The number of phenols is 1. The van der Waals surface area contributed by atoms with Crippen LogP contribution in [0.2, 0.25) is 0 Å². The predicted octanol–water partition coefficient (Wildman–Crippen LogP) is 1.70. The van der Waals surface area contributed by atoms with E-state index in [1.165, 1.54) is 6.07 Å². The Kier molecular flexibility index (Phi) is 5.25. The van der Waals surface area contributed by atoms with Crippen molar-refractivity contribution in [2.45, 2.75) is 12.8 Å². The maximum atomic E-state index is 12.8. The molecular formula is C20H22N4O5S. The van der Waals surface area contributed by atoms with E-state index < -0.39 is 10.2 Å². The summed E-state index contributed by atoms with van der Waals surface area (Å²) < 4.78 is 35.2. The van der Waals surface area contributed by atoms with Gasteiger partial charge in [-0.25, -0.2) is 0 Å². The molecule has 1 amide bonds. The van der Waals surface area contributed by atoms with Gasteiger partial charge in [0.1, 0.15) is 11.5 Å². The molecule has 10 heteroatoms. The first kappa shape index (κ1) is 20.0. The highest BCUT2D eigenvalue weighted by atomic mass is 32.2. The fraction of sp³-hybridized carbons (Fsp3) is 0.300. The third kappa shape index (κ3) is 4.04. The Hall–Kier alpha value is -3.27. The molecule has 0 saturated carbocycles. The summed E-state index contributed by atoms with van der Waals surface area (Å²) in [5, 5.41) is 9.96. The van der Waals surface area contributed by atoms with Gasteiger partial charge in [0.25, 0.3) is 5.91 Å². The van der Waals surface area contributed by atoms with E-state index in [1.54, 1.807) is 41.3 Å². The molecule has 0 spiro atoms. The smallest absolute Gasteiger partial charge is 0.344 e. The van der Waals surface area contributed by atoms with Gasteiger partial charge in [0.2, 0.25) is 0 Å². The van der Waals surface area contributed by atoms with Gasteiger partial charge in [-0.15, -0.1) is 4.40 Å². The summed E-state index contributed by atoms with van der Waals surface area (Å²) >= 11 is 0. The number of nitrogens with two attached hydrogens (primary N) is 1. The summed E-state index contributed by atoms with van der Waals surface area (Å²) in [5.41, 5.74) is 6.86. The molecule has 2 aliphatic rings. The van der Waals surface area contributed by atoms with Gasteiger partial charge in [-0.05, 0) is 37.1 Å². The molecule has 30 heavy (non-hydrogen) atoms. The number of amidine groups is 1. The zero-order chi connectivity index (χ0) is 21.3. The lowest BCUT2D eigenvalue weighted by molar-refractivity contribution is 0.0630. The Morgan fingerprint density at radius 2 is 2.07 bits per heavy atom. The number of hydrogen-bond acceptors (Lipinski definition) is 6. The van der Waals surface area contributed by atoms with Crippen molar-refractivity contribution in [1.29, 1.82) is 0 Å². The number of hydrogen-bond donors (Lipinski definition) is 3. The van der Waals surface area contributed by atoms with Crippen LogP contribution >= 0.6 is 0 Å². The summed E-state index contributed by atoms with van der Waals surface area (Å²) in [6.45, 7) is 1.45. The van der Waals surface area contributed by atoms with Crippen molar-refractivity contribution < 1.29 is 23.1 Å². The number of rotatable bonds is 4. The number of benzene rings is 2. The van der Waals surface area contributed by atoms with E-state index in [0.717, 1.165) is 12.8 Å². The fourth-order valence-corrected chi connectivity index (χ4v) is 4.60. The summed E-state index contributed by atoms with van der Waals surface area (Å²) in [6, 6.07) is 11.5. The summed E-state index contributed by atoms with van der Waals surface area (Å²) in [5.74, 6) is 0.150. The third-order valence-corrected chi connectivity index (χ3v) is 6.07. The maximum Gasteiger partial charge on any atom is 0.344 e. The van der Waals surface area contributed by atoms with Gasteiger partial charge in [-0.1, -0.05) is 18.2 Å². The van der Waals surface area contributed by atoms with Gasteiger partial charge in [-0.3, -0.25) is 9.52 Å². The number of carbonyl (C=O) groups is 1. The Bertz CT molecular complexity index is 1120. The molecule has 0 aromatic heterocycles. The van der Waals surface area contributed by atoms with Gasteiger partial charge in [0.15, 0.2) is 5.84 Å². The lowest BCUT2D eigenvalue weighted by Gasteiger charge is -2.33. The second-order valence-corrected chi connectivity index (χ2v) is 8.66. The quantitative estimate of drug-likeness (QED) is 0.676. The molecule has 9 nitrogen and oxygen atoms in total. The summed E-state index contributed by atoms with van der Waals surface area (Å²) in [6.07, 6.45) is 1.71. The fourth-order valence-electron chi connectivity index (χ4n) is 3.76. The first-order chi connectivity index (χ1) is 14.3. The number of aromatic hydroxyl groups is 1. The SMILES string of the molecule is NC1=NS(=O)(=O)Nc2cccc(OC[C@H]3CCCN(C(=O)c4ccccc4O)C3)c21. The number of nitrogens with one attached hydrogen (secondary N) is 1. The van der Waals surface area contributed by atoms with Crippen molar-refractivity contribution in [2.24, 2.45) is 16.0 Å². The van der Waals surface area contributed by atoms with Gasteiger partial charge < -0.3 is 20.5 Å². The molecule has 2 aliphatic heterocycles. The molecule has 2 aromatic rings. The number of amides is 1. The van der Waals surface area contributed by atoms with Crippen LogP contribution in [-0.2, 0) is 10.2 Å². The standard InChI is InChI=1S/C20H22N4O5S/c21-19-18-15(22-30(27,28)23-19)7-3-9-17(18)29-12-13-5-4-10-24(11-13)20(26)14-6-1-2-8-16(14)25/h1-3,6-9,13,22,25H,4-5,10-12H2,(H2,21,23)/t13-/m0/s1. The van der Waals surface area contributed by atoms with Crippen molar-refractivity contribution in [2.75, 3.05) is 24.4 Å². The molecule has 1 fully saturated rings. The predicted molar refractivity (Wildman–Crippen MR) is 112 cm³/mol. The number of fused-ring (bicyclic) bond motifs is 1. The van der Waals surface area contributed by atoms with Crippen LogP contribution in [-0.4, -0.2) is 49.9 Å². The highest BCUT2D eigenvalue weighted by Gasteiger charge is 2.28. The van der Waals surface area contributed by atoms with Crippen LogP contribution in [0.5, 0.6) is 11.5 Å². The Labute approximate surface area is 174 Å². The number of ether oxygens (including phenoxy) is 1. The minimum atomic E-state index is -3.85. The molecule has 158 valence electrons. The van der Waals surface area contributed by atoms with Gasteiger partial charge in [0.05, 0.1) is 23.4 Å². The van der Waals surface area contributed by atoms with Gasteiger partial charge in [0, 0.05) is 19.0 Å². The molecule has 1 atom stereocenters. The number of likely N-dealkylation sites (tertiary alicyclic amines) is 1. The van der Waals surface area contributed by atoms with Crippen LogP contribution in [0.3, 0.4) is 0 Å². The highest BCUT2D eigenvalue weighted by Crippen LogP contribution is 2.31. The van der Waals surface area contributed by atoms with E-state index >= 15 is 0 Å². The maximum absolute atomic E-state index is 12.8. The Morgan fingerprint density at radius 3 is 2.87 bits per heavy atom. The monoisotopic (exact) mass is 430 g/mol. The second-order valence-electron chi connectivity index (χ2n) is 7.32. The summed E-state index contributed by atoms with van der Waals surface area (Å²) in [7, 11) is -3.85. The van der Waals surface area contributed by atoms with Crippen LogP contribution < -0.4 is 15.2 Å². The number of anilines is 1. The average molecular weight is 430 g/mol. The molecule has 0 bridgehead atoms. The normalized spacial score (nSPS) is 19.9. The molecule has 0 unspecified atom stereocenters. The second kappa shape index (κ2) is 7.86. The number of nitrogens with zero attached hydrogens (tertiary/aromatic N) is 2. The average Bonchev–Trinajstić information content (AvgIpc) is 2.71. The molecular weight excluding hydrogens is 408 g/mol. The van der Waals surface area contributed by atoms with Crippen LogP contribution in [0.15, 0.2) is 46.9 Å². The van der Waals surface area contributed by atoms with Crippen LogP contribution in [0.4, 0.5) is 5.69 Å². The zero-order valence-corrected chi connectivity index (χ0v) is 16.9. The van der Waals surface area contributed by atoms with E-state index in [2.05, 4.69) is 9.12 Å². The summed E-state index contributed by atoms with van der Waals surface area (Å²) in [4.78, 5) is 14.5. The molecule has 0 radical (unpaired) electrons. The zero-order valence-electron chi connectivity index (χ0n) is 16.1. The van der Waals surface area contributed by atoms with Crippen molar-refractivity contribution >= 4 is 27.6 Å². The number of piperidine rings is 1. The number of carbonyl (C=O) groups excluding carboxylic acids is 1. The molecule has 4 rings (SSSR count). The van der Waals surface area contributed by atoms with Crippen molar-refractivity contribution in [3.8, 4) is 11.5 Å². The first-order valence-corrected chi connectivity index (χ1v) is 11.0. The molecule has 2 aromatic carbocycles.